The van der Waals surface area contributed by atoms with Crippen LogP contribution in [0.5, 0.6) is 11.5 Å². The summed E-state index contributed by atoms with van der Waals surface area (Å²) in [7, 11) is 0. The van der Waals surface area contributed by atoms with E-state index in [1.54, 1.807) is 18.2 Å². The zero-order chi connectivity index (χ0) is 22.9. The third kappa shape index (κ3) is 4.07. The zero-order valence-corrected chi connectivity index (χ0v) is 18.7. The number of fused-ring (bicyclic) bond motifs is 1. The predicted octanol–water partition coefficient (Wildman–Crippen LogP) is 5.49. The van der Waals surface area contributed by atoms with Crippen molar-refractivity contribution in [2.45, 2.75) is 26.3 Å². The summed E-state index contributed by atoms with van der Waals surface area (Å²) < 4.78 is 2.28. The number of carbonyl (C=O) groups excluding carboxylic acids is 1. The van der Waals surface area contributed by atoms with E-state index in [0.29, 0.717) is 6.54 Å². The van der Waals surface area contributed by atoms with E-state index in [-0.39, 0.29) is 17.4 Å². The molecule has 5 rings (SSSR count). The second-order valence-electron chi connectivity index (χ2n) is 8.94. The first-order valence-corrected chi connectivity index (χ1v) is 11.4. The van der Waals surface area contributed by atoms with Gasteiger partial charge in [-0.15, -0.1) is 0 Å². The fraction of sp³-hybridized carbons (Fsp3) is 0.250. The highest BCUT2D eigenvalue weighted by molar-refractivity contribution is 5.92. The number of rotatable bonds is 5. The Hall–Kier alpha value is -3.73. The minimum atomic E-state index is 0.198. The highest BCUT2D eigenvalue weighted by Crippen LogP contribution is 2.36. The van der Waals surface area contributed by atoms with E-state index < -0.39 is 0 Å². The molecule has 2 N–H and O–H groups in total. The minimum Gasteiger partial charge on any atom is -0.508 e. The van der Waals surface area contributed by atoms with Gasteiger partial charge in [0, 0.05) is 42.1 Å². The molecule has 1 aliphatic rings. The lowest BCUT2D eigenvalue weighted by Gasteiger charge is -2.31. The number of anilines is 1. The van der Waals surface area contributed by atoms with E-state index in [4.69, 9.17) is 0 Å². The number of carbonyl (C=O) groups is 1. The Labute approximate surface area is 193 Å². The first-order chi connectivity index (χ1) is 16.0. The maximum absolute atomic E-state index is 11.0. The third-order valence-corrected chi connectivity index (χ3v) is 6.82. The maximum Gasteiger partial charge on any atom is 0.123 e. The van der Waals surface area contributed by atoms with E-state index in [1.807, 2.05) is 24.3 Å². The van der Waals surface area contributed by atoms with Crippen LogP contribution in [-0.2, 0) is 11.3 Å². The van der Waals surface area contributed by atoms with E-state index in [2.05, 4.69) is 40.7 Å². The number of aryl methyl sites for hydroxylation is 1. The summed E-state index contributed by atoms with van der Waals surface area (Å²) in [6.07, 6.45) is 2.93. The summed E-state index contributed by atoms with van der Waals surface area (Å²) >= 11 is 0. The van der Waals surface area contributed by atoms with Crippen LogP contribution in [-0.4, -0.2) is 34.2 Å². The Kier molecular flexibility index (Phi) is 5.55. The largest absolute Gasteiger partial charge is 0.508 e. The summed E-state index contributed by atoms with van der Waals surface area (Å²) in [5.41, 5.74) is 6.65. The molecule has 1 aromatic heterocycles. The third-order valence-electron chi connectivity index (χ3n) is 6.82. The van der Waals surface area contributed by atoms with Crippen LogP contribution in [0.3, 0.4) is 0 Å². The van der Waals surface area contributed by atoms with E-state index in [1.165, 1.54) is 11.3 Å². The molecule has 1 aliphatic heterocycles. The summed E-state index contributed by atoms with van der Waals surface area (Å²) in [6.45, 7) is 4.60. The number of aldehydes is 1. The average molecular weight is 441 g/mol. The molecule has 5 nitrogen and oxygen atoms in total. The second kappa shape index (κ2) is 8.66. The normalized spacial score (nSPS) is 14.6. The monoisotopic (exact) mass is 440 g/mol. The van der Waals surface area contributed by atoms with Crippen LogP contribution in [0.1, 0.15) is 24.0 Å². The number of phenolic OH excluding ortho intramolecular Hbond substituents is 2. The van der Waals surface area contributed by atoms with Gasteiger partial charge in [0.25, 0.3) is 0 Å². The first kappa shape index (κ1) is 21.1. The molecule has 168 valence electrons. The Morgan fingerprint density at radius 3 is 2.24 bits per heavy atom. The molecule has 0 unspecified atom stereocenters. The number of hydrogen-bond donors (Lipinski definition) is 2. The molecule has 1 saturated heterocycles. The van der Waals surface area contributed by atoms with Crippen LogP contribution < -0.4 is 4.90 Å². The summed E-state index contributed by atoms with van der Waals surface area (Å²) in [4.78, 5) is 13.4. The lowest BCUT2D eigenvalue weighted by atomic mass is 9.98. The molecule has 0 bridgehead atoms. The van der Waals surface area contributed by atoms with E-state index >= 15 is 0 Å². The number of piperidine rings is 1. The maximum atomic E-state index is 11.0. The molecule has 4 aromatic rings. The van der Waals surface area contributed by atoms with Gasteiger partial charge in [-0.05, 0) is 91.1 Å². The Morgan fingerprint density at radius 1 is 0.909 bits per heavy atom. The van der Waals surface area contributed by atoms with Crippen molar-refractivity contribution in [1.82, 2.24) is 4.57 Å². The van der Waals surface area contributed by atoms with Gasteiger partial charge >= 0.3 is 0 Å². The summed E-state index contributed by atoms with van der Waals surface area (Å²) in [5, 5.41) is 20.8. The van der Waals surface area contributed by atoms with Crippen molar-refractivity contribution < 1.29 is 15.0 Å². The standard InChI is InChI=1S/C28H28N2O3/c1-19-26-16-25(33)10-11-27(26)30(28(19)22-4-8-24(32)9-5-22)17-20-2-6-23(7-3-20)29-14-12-21(18-31)13-15-29/h2-11,16,18,21,32-33H,12-15,17H2,1H3. The van der Waals surface area contributed by atoms with Gasteiger partial charge in [-0.25, -0.2) is 0 Å². The van der Waals surface area contributed by atoms with Crippen LogP contribution in [0.2, 0.25) is 0 Å². The number of benzene rings is 3. The fourth-order valence-electron chi connectivity index (χ4n) is 4.95. The van der Waals surface area contributed by atoms with Crippen molar-refractivity contribution in [2.75, 3.05) is 18.0 Å². The lowest BCUT2D eigenvalue weighted by molar-refractivity contribution is -0.111. The molecular weight excluding hydrogens is 412 g/mol. The van der Waals surface area contributed by atoms with Crippen molar-refractivity contribution in [3.8, 4) is 22.8 Å². The molecule has 1 fully saturated rings. The topological polar surface area (TPSA) is 65.7 Å². The van der Waals surface area contributed by atoms with E-state index in [9.17, 15) is 15.0 Å². The fourth-order valence-corrected chi connectivity index (χ4v) is 4.95. The highest BCUT2D eigenvalue weighted by atomic mass is 16.3. The first-order valence-electron chi connectivity index (χ1n) is 11.4. The molecule has 0 atom stereocenters. The lowest BCUT2D eigenvalue weighted by Crippen LogP contribution is -2.34. The number of nitrogens with zero attached hydrogens (tertiary/aromatic N) is 2. The molecule has 33 heavy (non-hydrogen) atoms. The van der Waals surface area contributed by atoms with Crippen molar-refractivity contribution >= 4 is 22.9 Å². The van der Waals surface area contributed by atoms with Crippen LogP contribution in [0.15, 0.2) is 66.7 Å². The quantitative estimate of drug-likeness (QED) is 0.403. The Bertz CT molecular complexity index is 1280. The minimum absolute atomic E-state index is 0.198. The molecule has 0 aliphatic carbocycles. The van der Waals surface area contributed by atoms with Gasteiger partial charge < -0.3 is 24.5 Å². The molecule has 0 saturated carbocycles. The number of aromatic hydroxyl groups is 2. The summed E-state index contributed by atoms with van der Waals surface area (Å²) in [6, 6.07) is 21.5. The van der Waals surface area contributed by atoms with Gasteiger partial charge in [0.15, 0.2) is 0 Å². The number of phenols is 2. The highest BCUT2D eigenvalue weighted by Gasteiger charge is 2.19. The average Bonchev–Trinajstić information content (AvgIpc) is 3.11. The van der Waals surface area contributed by atoms with Gasteiger partial charge in [-0.3, -0.25) is 0 Å². The molecule has 3 aromatic carbocycles. The van der Waals surface area contributed by atoms with Crippen molar-refractivity contribution in [3.05, 3.63) is 77.9 Å². The SMILES string of the molecule is Cc1c(-c2ccc(O)cc2)n(Cc2ccc(N3CCC(C=O)CC3)cc2)c2ccc(O)cc12. The molecule has 0 radical (unpaired) electrons. The Morgan fingerprint density at radius 2 is 1.58 bits per heavy atom. The summed E-state index contributed by atoms with van der Waals surface area (Å²) in [5.74, 6) is 0.690. The smallest absolute Gasteiger partial charge is 0.123 e. The molecular formula is C28H28N2O3. The number of hydrogen-bond acceptors (Lipinski definition) is 4. The van der Waals surface area contributed by atoms with Gasteiger partial charge in [0.05, 0.1) is 5.69 Å². The van der Waals surface area contributed by atoms with Gasteiger partial charge in [-0.2, -0.15) is 0 Å². The van der Waals surface area contributed by atoms with E-state index in [0.717, 1.165) is 59.9 Å². The van der Waals surface area contributed by atoms with Crippen molar-refractivity contribution in [3.63, 3.8) is 0 Å². The predicted molar refractivity (Wildman–Crippen MR) is 132 cm³/mol. The number of aromatic nitrogens is 1. The van der Waals surface area contributed by atoms with Gasteiger partial charge in [-0.1, -0.05) is 12.1 Å². The molecule has 5 heteroatoms. The van der Waals surface area contributed by atoms with Crippen molar-refractivity contribution in [2.24, 2.45) is 5.92 Å². The molecule has 2 heterocycles. The zero-order valence-electron chi connectivity index (χ0n) is 18.7. The second-order valence-corrected chi connectivity index (χ2v) is 8.94. The van der Waals surface area contributed by atoms with Crippen molar-refractivity contribution in [1.29, 1.82) is 0 Å². The van der Waals surface area contributed by atoms with Crippen LogP contribution in [0.25, 0.3) is 22.2 Å². The molecule has 0 amide bonds. The van der Waals surface area contributed by atoms with Crippen LogP contribution in [0.4, 0.5) is 5.69 Å². The molecule has 0 spiro atoms. The van der Waals surface area contributed by atoms with Crippen LogP contribution in [0, 0.1) is 12.8 Å². The van der Waals surface area contributed by atoms with Gasteiger partial charge in [0.1, 0.15) is 17.8 Å². The Balaban J connectivity index is 1.49. The van der Waals surface area contributed by atoms with Crippen LogP contribution >= 0.6 is 0 Å². The van der Waals surface area contributed by atoms with Gasteiger partial charge in [0.2, 0.25) is 0 Å².